The number of ether oxygens (including phenoxy) is 1. The SMILES string of the molecule is CCNC(=NCc1nnc2n1CCCCC2)NCCOCC. The molecule has 124 valence electrons. The second-order valence-electron chi connectivity index (χ2n) is 5.31. The molecule has 0 radical (unpaired) electrons. The molecular weight excluding hydrogens is 280 g/mol. The number of nitrogens with one attached hydrogen (secondary N) is 2. The lowest BCUT2D eigenvalue weighted by molar-refractivity contribution is 0.152. The van der Waals surface area contributed by atoms with Gasteiger partial charge in [-0.3, -0.25) is 0 Å². The van der Waals surface area contributed by atoms with Gasteiger partial charge < -0.3 is 19.9 Å². The van der Waals surface area contributed by atoms with E-state index in [1.54, 1.807) is 0 Å². The molecule has 0 saturated heterocycles. The third-order valence-corrected chi connectivity index (χ3v) is 3.65. The molecule has 2 heterocycles. The van der Waals surface area contributed by atoms with E-state index in [0.717, 1.165) is 50.3 Å². The molecule has 0 bridgehead atoms. The van der Waals surface area contributed by atoms with Crippen LogP contribution in [-0.4, -0.2) is 47.0 Å². The van der Waals surface area contributed by atoms with E-state index in [1.807, 2.05) is 6.92 Å². The number of rotatable bonds is 7. The van der Waals surface area contributed by atoms with Crippen molar-refractivity contribution in [2.75, 3.05) is 26.3 Å². The number of hydrogen-bond donors (Lipinski definition) is 2. The van der Waals surface area contributed by atoms with Crippen LogP contribution in [0.1, 0.15) is 44.8 Å². The van der Waals surface area contributed by atoms with Crippen LogP contribution in [0.15, 0.2) is 4.99 Å². The summed E-state index contributed by atoms with van der Waals surface area (Å²) in [6.45, 7) is 8.62. The lowest BCUT2D eigenvalue weighted by atomic mass is 10.2. The predicted molar refractivity (Wildman–Crippen MR) is 86.9 cm³/mol. The van der Waals surface area contributed by atoms with Crippen molar-refractivity contribution in [2.24, 2.45) is 4.99 Å². The quantitative estimate of drug-likeness (QED) is 0.448. The fourth-order valence-electron chi connectivity index (χ4n) is 2.54. The van der Waals surface area contributed by atoms with Crippen LogP contribution >= 0.6 is 0 Å². The molecule has 0 unspecified atom stereocenters. The summed E-state index contributed by atoms with van der Waals surface area (Å²) in [4.78, 5) is 4.61. The van der Waals surface area contributed by atoms with Crippen molar-refractivity contribution in [3.05, 3.63) is 11.6 Å². The standard InChI is InChI=1S/C15H28N6O/c1-3-16-15(17-9-11-22-4-2)18-12-14-20-19-13-8-6-5-7-10-21(13)14/h3-12H2,1-2H3,(H2,16,17,18). The highest BCUT2D eigenvalue weighted by Crippen LogP contribution is 2.14. The Balaban J connectivity index is 1.93. The van der Waals surface area contributed by atoms with E-state index < -0.39 is 0 Å². The first-order valence-electron chi connectivity index (χ1n) is 8.36. The molecule has 1 aromatic rings. The Morgan fingerprint density at radius 3 is 2.95 bits per heavy atom. The summed E-state index contributed by atoms with van der Waals surface area (Å²) < 4.78 is 7.57. The van der Waals surface area contributed by atoms with E-state index in [2.05, 4.69) is 37.3 Å². The van der Waals surface area contributed by atoms with Gasteiger partial charge in [-0.15, -0.1) is 10.2 Å². The Labute approximate surface area is 132 Å². The van der Waals surface area contributed by atoms with Crippen LogP contribution < -0.4 is 10.6 Å². The third-order valence-electron chi connectivity index (χ3n) is 3.65. The van der Waals surface area contributed by atoms with Gasteiger partial charge in [-0.25, -0.2) is 4.99 Å². The van der Waals surface area contributed by atoms with Gasteiger partial charge in [0.15, 0.2) is 11.8 Å². The summed E-state index contributed by atoms with van der Waals surface area (Å²) in [5.74, 6) is 2.86. The van der Waals surface area contributed by atoms with Crippen LogP contribution in [-0.2, 0) is 24.2 Å². The Hall–Kier alpha value is -1.63. The predicted octanol–water partition coefficient (Wildman–Crippen LogP) is 1.10. The molecule has 0 aromatic carbocycles. The second kappa shape index (κ2) is 9.40. The summed E-state index contributed by atoms with van der Waals surface area (Å²) in [7, 11) is 0. The van der Waals surface area contributed by atoms with Crippen LogP contribution in [0.5, 0.6) is 0 Å². The van der Waals surface area contributed by atoms with E-state index in [0.29, 0.717) is 13.2 Å². The fourth-order valence-corrected chi connectivity index (χ4v) is 2.54. The second-order valence-corrected chi connectivity index (χ2v) is 5.31. The van der Waals surface area contributed by atoms with Gasteiger partial charge in [-0.1, -0.05) is 6.42 Å². The van der Waals surface area contributed by atoms with Gasteiger partial charge in [-0.2, -0.15) is 0 Å². The first kappa shape index (κ1) is 16.7. The summed E-state index contributed by atoms with van der Waals surface area (Å²) in [5.41, 5.74) is 0. The number of aliphatic imine (C=N–C) groups is 1. The van der Waals surface area contributed by atoms with Crippen LogP contribution in [0.4, 0.5) is 0 Å². The molecule has 1 aliphatic rings. The highest BCUT2D eigenvalue weighted by Gasteiger charge is 2.14. The molecular formula is C15H28N6O. The summed E-state index contributed by atoms with van der Waals surface area (Å²) in [6.07, 6.45) is 4.72. The zero-order chi connectivity index (χ0) is 15.6. The highest BCUT2D eigenvalue weighted by molar-refractivity contribution is 5.79. The summed E-state index contributed by atoms with van der Waals surface area (Å²) in [6, 6.07) is 0. The monoisotopic (exact) mass is 308 g/mol. The normalized spacial score (nSPS) is 15.3. The van der Waals surface area contributed by atoms with E-state index in [1.165, 1.54) is 19.3 Å². The molecule has 0 atom stereocenters. The minimum absolute atomic E-state index is 0.553. The first-order valence-corrected chi connectivity index (χ1v) is 8.36. The maximum atomic E-state index is 5.33. The van der Waals surface area contributed by atoms with Gasteiger partial charge in [-0.05, 0) is 26.7 Å². The molecule has 0 spiro atoms. The molecule has 1 aromatic heterocycles. The Morgan fingerprint density at radius 2 is 2.14 bits per heavy atom. The summed E-state index contributed by atoms with van der Waals surface area (Å²) in [5, 5.41) is 15.1. The number of guanidine groups is 1. The zero-order valence-corrected chi connectivity index (χ0v) is 13.8. The molecule has 1 aliphatic heterocycles. The largest absolute Gasteiger partial charge is 0.380 e. The van der Waals surface area contributed by atoms with Crippen LogP contribution in [0.3, 0.4) is 0 Å². The van der Waals surface area contributed by atoms with E-state index >= 15 is 0 Å². The zero-order valence-electron chi connectivity index (χ0n) is 13.8. The molecule has 0 amide bonds. The van der Waals surface area contributed by atoms with Gasteiger partial charge >= 0.3 is 0 Å². The molecule has 0 saturated carbocycles. The first-order chi connectivity index (χ1) is 10.8. The minimum Gasteiger partial charge on any atom is -0.380 e. The minimum atomic E-state index is 0.553. The van der Waals surface area contributed by atoms with Crippen LogP contribution in [0.25, 0.3) is 0 Å². The van der Waals surface area contributed by atoms with Crippen molar-refractivity contribution in [2.45, 2.75) is 52.6 Å². The molecule has 2 N–H and O–H groups in total. The Kier molecular flexibility index (Phi) is 7.15. The summed E-state index contributed by atoms with van der Waals surface area (Å²) >= 11 is 0. The Bertz CT molecular complexity index is 471. The van der Waals surface area contributed by atoms with E-state index in [9.17, 15) is 0 Å². The van der Waals surface area contributed by atoms with Crippen molar-refractivity contribution in [1.29, 1.82) is 0 Å². The molecule has 22 heavy (non-hydrogen) atoms. The average Bonchev–Trinajstić information content (AvgIpc) is 2.76. The number of aryl methyl sites for hydroxylation is 1. The number of aromatic nitrogens is 3. The van der Waals surface area contributed by atoms with Gasteiger partial charge in [0.2, 0.25) is 0 Å². The van der Waals surface area contributed by atoms with Crippen molar-refractivity contribution in [3.63, 3.8) is 0 Å². The van der Waals surface area contributed by atoms with Crippen molar-refractivity contribution in [3.8, 4) is 0 Å². The van der Waals surface area contributed by atoms with E-state index in [4.69, 9.17) is 4.74 Å². The van der Waals surface area contributed by atoms with E-state index in [-0.39, 0.29) is 0 Å². The number of fused-ring (bicyclic) bond motifs is 1. The molecule has 7 nitrogen and oxygen atoms in total. The molecule has 7 heteroatoms. The van der Waals surface area contributed by atoms with Gasteiger partial charge in [0.1, 0.15) is 12.4 Å². The highest BCUT2D eigenvalue weighted by atomic mass is 16.5. The Morgan fingerprint density at radius 1 is 1.23 bits per heavy atom. The lowest BCUT2D eigenvalue weighted by Gasteiger charge is -2.11. The van der Waals surface area contributed by atoms with Crippen LogP contribution in [0.2, 0.25) is 0 Å². The topological polar surface area (TPSA) is 76.4 Å². The molecule has 0 fully saturated rings. The third kappa shape index (κ3) is 4.98. The number of hydrogen-bond acceptors (Lipinski definition) is 4. The van der Waals surface area contributed by atoms with Gasteiger partial charge in [0.25, 0.3) is 0 Å². The van der Waals surface area contributed by atoms with Crippen molar-refractivity contribution >= 4 is 5.96 Å². The number of nitrogens with zero attached hydrogens (tertiary/aromatic N) is 4. The smallest absolute Gasteiger partial charge is 0.191 e. The molecule has 2 rings (SSSR count). The lowest BCUT2D eigenvalue weighted by Crippen LogP contribution is -2.39. The van der Waals surface area contributed by atoms with Crippen LogP contribution in [0, 0.1) is 0 Å². The maximum Gasteiger partial charge on any atom is 0.191 e. The van der Waals surface area contributed by atoms with Gasteiger partial charge in [0, 0.05) is 32.7 Å². The average molecular weight is 308 g/mol. The maximum absolute atomic E-state index is 5.33. The van der Waals surface area contributed by atoms with Crippen molar-refractivity contribution in [1.82, 2.24) is 25.4 Å². The molecule has 0 aliphatic carbocycles. The fraction of sp³-hybridized carbons (Fsp3) is 0.800. The van der Waals surface area contributed by atoms with Crippen molar-refractivity contribution < 1.29 is 4.74 Å². The van der Waals surface area contributed by atoms with Gasteiger partial charge in [0.05, 0.1) is 6.61 Å².